The quantitative estimate of drug-likeness (QED) is 0.831. The van der Waals surface area contributed by atoms with Crippen LogP contribution in [0.25, 0.3) is 0 Å². The molecule has 1 aromatic carbocycles. The van der Waals surface area contributed by atoms with Crippen molar-refractivity contribution in [1.82, 2.24) is 10.2 Å². The summed E-state index contributed by atoms with van der Waals surface area (Å²) in [5.74, 6) is -1.81. The van der Waals surface area contributed by atoms with Gasteiger partial charge in [-0.05, 0) is 25.0 Å². The summed E-state index contributed by atoms with van der Waals surface area (Å²) in [5.41, 5.74) is 5.43. The lowest BCUT2D eigenvalue weighted by molar-refractivity contribution is -0.125. The van der Waals surface area contributed by atoms with Crippen molar-refractivity contribution in [1.29, 1.82) is 0 Å². The topological polar surface area (TPSA) is 61.6 Å². The number of halogens is 4. The average molecular weight is 383 g/mol. The van der Waals surface area contributed by atoms with Crippen molar-refractivity contribution < 1.29 is 13.6 Å². The molecule has 24 heavy (non-hydrogen) atoms. The van der Waals surface area contributed by atoms with Crippen molar-refractivity contribution in [2.24, 2.45) is 5.73 Å². The number of likely N-dealkylation sites (tertiary alicyclic amines) is 1. The molecule has 1 amide bonds. The second-order valence-corrected chi connectivity index (χ2v) is 5.85. The number of carbonyl (C=O) groups is 1. The van der Waals surface area contributed by atoms with Gasteiger partial charge >= 0.3 is 0 Å². The zero-order valence-corrected chi connectivity index (χ0v) is 14.8. The number of benzene rings is 1. The molecule has 1 spiro atoms. The summed E-state index contributed by atoms with van der Waals surface area (Å²) in [5, 5.41) is 2.84. The molecular weight excluding hydrogens is 361 g/mol. The molecule has 3 N–H and O–H groups in total. The number of nitrogens with two attached hydrogens (primary N) is 1. The van der Waals surface area contributed by atoms with Gasteiger partial charge in [0, 0.05) is 37.9 Å². The Kier molecular flexibility index (Phi) is 7.22. The van der Waals surface area contributed by atoms with Crippen LogP contribution in [-0.4, -0.2) is 49.2 Å². The number of nitrogens with zero attached hydrogens (tertiary/aromatic N) is 2. The van der Waals surface area contributed by atoms with Gasteiger partial charge in [0.2, 0.25) is 5.91 Å². The van der Waals surface area contributed by atoms with E-state index in [0.29, 0.717) is 31.7 Å². The van der Waals surface area contributed by atoms with Gasteiger partial charge in [-0.3, -0.25) is 4.79 Å². The van der Waals surface area contributed by atoms with Crippen LogP contribution < -0.4 is 16.0 Å². The summed E-state index contributed by atoms with van der Waals surface area (Å²) in [7, 11) is 0. The average Bonchev–Trinajstić information content (AvgIpc) is 2.82. The van der Waals surface area contributed by atoms with Crippen LogP contribution in [0.1, 0.15) is 12.8 Å². The van der Waals surface area contributed by atoms with Gasteiger partial charge in [-0.2, -0.15) is 0 Å². The fraction of sp³-hybridized carbons (Fsp3) is 0.533. The van der Waals surface area contributed by atoms with E-state index < -0.39 is 17.2 Å². The van der Waals surface area contributed by atoms with Crippen molar-refractivity contribution >= 4 is 36.4 Å². The highest BCUT2D eigenvalue weighted by molar-refractivity contribution is 5.93. The van der Waals surface area contributed by atoms with Gasteiger partial charge in [-0.15, -0.1) is 24.8 Å². The molecular formula is C15H22Cl2F2N4O. The van der Waals surface area contributed by atoms with Crippen molar-refractivity contribution in [2.75, 3.05) is 37.7 Å². The van der Waals surface area contributed by atoms with Crippen LogP contribution in [0.15, 0.2) is 18.2 Å². The Morgan fingerprint density at radius 1 is 1.17 bits per heavy atom. The highest BCUT2D eigenvalue weighted by Gasteiger charge is 2.50. The third-order valence-electron chi connectivity index (χ3n) is 4.68. The first kappa shape index (κ1) is 20.9. The van der Waals surface area contributed by atoms with Gasteiger partial charge in [-0.25, -0.2) is 8.78 Å². The van der Waals surface area contributed by atoms with E-state index >= 15 is 0 Å². The number of anilines is 1. The van der Waals surface area contributed by atoms with E-state index in [1.165, 1.54) is 6.07 Å². The molecule has 0 unspecified atom stereocenters. The standard InChI is InChI=1S/C15H20F2N4O.2ClH/c16-12-2-1-11(9-13(12)17)21-10-19-14(22)15(21)3-6-20(7-4-15)8-5-18;;/h1-2,9H,3-8,10,18H2,(H,19,22);2*1H. The van der Waals surface area contributed by atoms with Crippen molar-refractivity contribution in [3.63, 3.8) is 0 Å². The van der Waals surface area contributed by atoms with E-state index in [-0.39, 0.29) is 30.7 Å². The maximum Gasteiger partial charge on any atom is 0.247 e. The fourth-order valence-electron chi connectivity index (χ4n) is 3.41. The molecule has 2 saturated heterocycles. The summed E-state index contributed by atoms with van der Waals surface area (Å²) in [6, 6.07) is 3.78. The predicted molar refractivity (Wildman–Crippen MR) is 93.8 cm³/mol. The number of hydrogen-bond acceptors (Lipinski definition) is 4. The molecule has 5 nitrogen and oxygen atoms in total. The molecule has 9 heteroatoms. The smallest absolute Gasteiger partial charge is 0.247 e. The zero-order chi connectivity index (χ0) is 15.7. The number of rotatable bonds is 3. The Morgan fingerprint density at radius 2 is 1.83 bits per heavy atom. The molecule has 2 fully saturated rings. The third kappa shape index (κ3) is 3.59. The van der Waals surface area contributed by atoms with Crippen LogP contribution in [0.3, 0.4) is 0 Å². The monoisotopic (exact) mass is 382 g/mol. The van der Waals surface area contributed by atoms with E-state index in [1.54, 1.807) is 0 Å². The number of nitrogens with one attached hydrogen (secondary N) is 1. The third-order valence-corrected chi connectivity index (χ3v) is 4.68. The van der Waals surface area contributed by atoms with Crippen LogP contribution in [0.4, 0.5) is 14.5 Å². The fourth-order valence-corrected chi connectivity index (χ4v) is 3.41. The normalized spacial score (nSPS) is 19.6. The highest BCUT2D eigenvalue weighted by atomic mass is 35.5. The number of carbonyl (C=O) groups excluding carboxylic acids is 1. The molecule has 2 heterocycles. The lowest BCUT2D eigenvalue weighted by Gasteiger charge is -2.43. The molecule has 0 atom stereocenters. The summed E-state index contributed by atoms with van der Waals surface area (Å²) < 4.78 is 26.7. The SMILES string of the molecule is Cl.Cl.NCCN1CCC2(CC1)C(=O)NCN2c1ccc(F)c(F)c1. The summed E-state index contributed by atoms with van der Waals surface area (Å²) >= 11 is 0. The summed E-state index contributed by atoms with van der Waals surface area (Å²) in [4.78, 5) is 16.5. The highest BCUT2D eigenvalue weighted by Crippen LogP contribution is 2.36. The van der Waals surface area contributed by atoms with Gasteiger partial charge in [-0.1, -0.05) is 0 Å². The van der Waals surface area contributed by atoms with E-state index in [9.17, 15) is 13.6 Å². The summed E-state index contributed by atoms with van der Waals surface area (Å²) in [6.07, 6.45) is 1.30. The minimum Gasteiger partial charge on any atom is -0.339 e. The molecule has 136 valence electrons. The van der Waals surface area contributed by atoms with Crippen LogP contribution >= 0.6 is 24.8 Å². The van der Waals surface area contributed by atoms with Gasteiger partial charge < -0.3 is 20.9 Å². The molecule has 0 aliphatic carbocycles. The predicted octanol–water partition coefficient (Wildman–Crippen LogP) is 1.50. The van der Waals surface area contributed by atoms with Crippen molar-refractivity contribution in [3.8, 4) is 0 Å². The molecule has 0 bridgehead atoms. The molecule has 3 rings (SSSR count). The van der Waals surface area contributed by atoms with Gasteiger partial charge in [0.1, 0.15) is 5.54 Å². The number of amides is 1. The van der Waals surface area contributed by atoms with E-state index in [4.69, 9.17) is 5.73 Å². The van der Waals surface area contributed by atoms with Gasteiger partial charge in [0.05, 0.1) is 6.67 Å². The minimum absolute atomic E-state index is 0. The molecule has 2 aliphatic heterocycles. The lowest BCUT2D eigenvalue weighted by Crippen LogP contribution is -2.56. The van der Waals surface area contributed by atoms with E-state index in [1.807, 2.05) is 4.90 Å². The largest absolute Gasteiger partial charge is 0.339 e. The molecule has 1 aromatic rings. The maximum atomic E-state index is 13.5. The zero-order valence-electron chi connectivity index (χ0n) is 13.1. The van der Waals surface area contributed by atoms with E-state index in [0.717, 1.165) is 31.8 Å². The van der Waals surface area contributed by atoms with Crippen LogP contribution in [-0.2, 0) is 4.79 Å². The first-order chi connectivity index (χ1) is 10.6. The van der Waals surface area contributed by atoms with Crippen molar-refractivity contribution in [3.05, 3.63) is 29.8 Å². The Hall–Kier alpha value is -1.15. The summed E-state index contributed by atoms with van der Waals surface area (Å²) in [6.45, 7) is 3.26. The first-order valence-electron chi connectivity index (χ1n) is 7.50. The van der Waals surface area contributed by atoms with E-state index in [2.05, 4.69) is 10.2 Å². The van der Waals surface area contributed by atoms with Gasteiger partial charge in [0.15, 0.2) is 11.6 Å². The Balaban J connectivity index is 0.00000144. The maximum absolute atomic E-state index is 13.5. The van der Waals surface area contributed by atoms with Crippen LogP contribution in [0.5, 0.6) is 0 Å². The number of hydrogen-bond donors (Lipinski definition) is 2. The van der Waals surface area contributed by atoms with Crippen LogP contribution in [0, 0.1) is 11.6 Å². The Morgan fingerprint density at radius 3 is 2.42 bits per heavy atom. The lowest BCUT2D eigenvalue weighted by atomic mass is 9.85. The Bertz CT molecular complexity index is 583. The second-order valence-electron chi connectivity index (χ2n) is 5.85. The Labute approximate surface area is 152 Å². The van der Waals surface area contributed by atoms with Gasteiger partial charge in [0.25, 0.3) is 0 Å². The molecule has 2 aliphatic rings. The van der Waals surface area contributed by atoms with Crippen LogP contribution in [0.2, 0.25) is 0 Å². The number of piperidine rings is 1. The molecule has 0 radical (unpaired) electrons. The minimum atomic E-state index is -0.896. The first-order valence-corrected chi connectivity index (χ1v) is 7.50. The molecule has 0 aromatic heterocycles. The molecule has 0 saturated carbocycles. The second kappa shape index (κ2) is 8.29. The van der Waals surface area contributed by atoms with Crippen molar-refractivity contribution in [2.45, 2.75) is 18.4 Å².